The molecule has 0 unspecified atom stereocenters. The molecule has 8 heteroatoms. The third-order valence-corrected chi connectivity index (χ3v) is 6.72. The molecule has 1 aromatic heterocycles. The largest absolute Gasteiger partial charge is 0.325 e. The standard InChI is InChI=1S/C25H30FN5OS/c1-18(2)19-6-10-21(11-7-19)27-24(32)17-33-25-29-28-23(16-30-14-4-3-5-15-30)31(25)22-12-8-20(26)9-13-22/h6-13,18H,3-5,14-17H2,1-2H3,(H,27,32). The highest BCUT2D eigenvalue weighted by molar-refractivity contribution is 7.99. The maximum Gasteiger partial charge on any atom is 0.234 e. The minimum Gasteiger partial charge on any atom is -0.325 e. The Labute approximate surface area is 198 Å². The van der Waals surface area contributed by atoms with Crippen LogP contribution in [0.25, 0.3) is 5.69 Å². The zero-order chi connectivity index (χ0) is 23.2. The van der Waals surface area contributed by atoms with E-state index in [1.165, 1.54) is 48.7 Å². The molecule has 174 valence electrons. The highest BCUT2D eigenvalue weighted by atomic mass is 32.2. The van der Waals surface area contributed by atoms with E-state index in [9.17, 15) is 9.18 Å². The summed E-state index contributed by atoms with van der Waals surface area (Å²) in [4.78, 5) is 14.9. The number of likely N-dealkylation sites (tertiary alicyclic amines) is 1. The van der Waals surface area contributed by atoms with Crippen LogP contribution in [0.4, 0.5) is 10.1 Å². The van der Waals surface area contributed by atoms with E-state index in [2.05, 4.69) is 34.3 Å². The van der Waals surface area contributed by atoms with Crippen LogP contribution in [-0.4, -0.2) is 44.4 Å². The summed E-state index contributed by atoms with van der Waals surface area (Å²) in [5, 5.41) is 12.4. The van der Waals surface area contributed by atoms with Crippen LogP contribution in [0, 0.1) is 5.82 Å². The van der Waals surface area contributed by atoms with Crippen LogP contribution in [0.15, 0.2) is 53.7 Å². The van der Waals surface area contributed by atoms with Gasteiger partial charge in [0.05, 0.1) is 12.3 Å². The Morgan fingerprint density at radius 1 is 1.03 bits per heavy atom. The van der Waals surface area contributed by atoms with Gasteiger partial charge >= 0.3 is 0 Å². The molecule has 1 N–H and O–H groups in total. The van der Waals surface area contributed by atoms with Crippen LogP contribution in [-0.2, 0) is 11.3 Å². The number of hydrogen-bond acceptors (Lipinski definition) is 5. The maximum atomic E-state index is 13.5. The average Bonchev–Trinajstić information content (AvgIpc) is 3.21. The number of halogens is 1. The van der Waals surface area contributed by atoms with E-state index < -0.39 is 0 Å². The fourth-order valence-corrected chi connectivity index (χ4v) is 4.71. The van der Waals surface area contributed by atoms with Crippen molar-refractivity contribution in [1.82, 2.24) is 19.7 Å². The van der Waals surface area contributed by atoms with Gasteiger partial charge in [0, 0.05) is 11.4 Å². The Morgan fingerprint density at radius 2 is 1.73 bits per heavy atom. The molecule has 0 spiro atoms. The highest BCUT2D eigenvalue weighted by Gasteiger charge is 2.19. The Hall–Kier alpha value is -2.71. The number of anilines is 1. The second kappa shape index (κ2) is 10.9. The number of hydrogen-bond donors (Lipinski definition) is 1. The number of amides is 1. The Morgan fingerprint density at radius 3 is 2.39 bits per heavy atom. The number of nitrogens with one attached hydrogen (secondary N) is 1. The van der Waals surface area contributed by atoms with Crippen LogP contribution >= 0.6 is 11.8 Å². The molecule has 0 atom stereocenters. The SMILES string of the molecule is CC(C)c1ccc(NC(=O)CSc2nnc(CN3CCCCC3)n2-c2ccc(F)cc2)cc1. The smallest absolute Gasteiger partial charge is 0.234 e. The van der Waals surface area contributed by atoms with Crippen molar-refractivity contribution in [2.75, 3.05) is 24.2 Å². The molecule has 2 heterocycles. The van der Waals surface area contributed by atoms with Crippen molar-refractivity contribution < 1.29 is 9.18 Å². The van der Waals surface area contributed by atoms with Gasteiger partial charge in [-0.25, -0.2) is 4.39 Å². The first-order valence-electron chi connectivity index (χ1n) is 11.4. The van der Waals surface area contributed by atoms with Crippen LogP contribution in [0.1, 0.15) is 50.4 Å². The lowest BCUT2D eigenvalue weighted by Gasteiger charge is -2.26. The van der Waals surface area contributed by atoms with Crippen LogP contribution in [0.3, 0.4) is 0 Å². The molecular formula is C25H30FN5OS. The van der Waals surface area contributed by atoms with Crippen molar-refractivity contribution in [1.29, 1.82) is 0 Å². The van der Waals surface area contributed by atoms with Crippen LogP contribution in [0.5, 0.6) is 0 Å². The minimum atomic E-state index is -0.290. The Kier molecular flexibility index (Phi) is 7.77. The van der Waals surface area contributed by atoms with Crippen molar-refractivity contribution in [2.45, 2.75) is 50.7 Å². The lowest BCUT2D eigenvalue weighted by molar-refractivity contribution is -0.113. The fourth-order valence-electron chi connectivity index (χ4n) is 3.94. The molecule has 4 rings (SSSR count). The average molecular weight is 468 g/mol. The molecule has 0 aliphatic carbocycles. The summed E-state index contributed by atoms with van der Waals surface area (Å²) in [6, 6.07) is 14.2. The van der Waals surface area contributed by atoms with E-state index in [-0.39, 0.29) is 17.5 Å². The number of thioether (sulfide) groups is 1. The van der Waals surface area contributed by atoms with Gasteiger partial charge in [0.15, 0.2) is 11.0 Å². The highest BCUT2D eigenvalue weighted by Crippen LogP contribution is 2.24. The van der Waals surface area contributed by atoms with Gasteiger partial charge in [-0.15, -0.1) is 10.2 Å². The number of aromatic nitrogens is 3. The summed E-state index contributed by atoms with van der Waals surface area (Å²) in [5.41, 5.74) is 2.80. The molecule has 2 aromatic carbocycles. The monoisotopic (exact) mass is 467 g/mol. The fraction of sp³-hybridized carbons (Fsp3) is 0.400. The number of benzene rings is 2. The molecule has 1 saturated heterocycles. The molecule has 6 nitrogen and oxygen atoms in total. The van der Waals surface area contributed by atoms with Gasteiger partial charge < -0.3 is 5.32 Å². The second-order valence-corrected chi connectivity index (χ2v) is 9.60. The third-order valence-electron chi connectivity index (χ3n) is 5.79. The normalized spacial score (nSPS) is 14.5. The molecule has 1 amide bonds. The molecule has 3 aromatic rings. The van der Waals surface area contributed by atoms with Crippen molar-refractivity contribution in [3.63, 3.8) is 0 Å². The first-order chi connectivity index (χ1) is 16.0. The summed E-state index contributed by atoms with van der Waals surface area (Å²) in [5.74, 6) is 1.05. The second-order valence-electron chi connectivity index (χ2n) is 8.66. The van der Waals surface area contributed by atoms with Crippen molar-refractivity contribution >= 4 is 23.4 Å². The predicted molar refractivity (Wildman–Crippen MR) is 130 cm³/mol. The summed E-state index contributed by atoms with van der Waals surface area (Å²) in [6.45, 7) is 7.04. The predicted octanol–water partition coefficient (Wildman–Crippen LogP) is 5.25. The van der Waals surface area contributed by atoms with Gasteiger partial charge in [-0.2, -0.15) is 0 Å². The van der Waals surface area contributed by atoms with Crippen LogP contribution in [0.2, 0.25) is 0 Å². The molecule has 0 saturated carbocycles. The summed E-state index contributed by atoms with van der Waals surface area (Å²) in [6.07, 6.45) is 3.63. The first-order valence-corrected chi connectivity index (χ1v) is 12.4. The van der Waals surface area contributed by atoms with Crippen molar-refractivity contribution in [2.24, 2.45) is 0 Å². The first kappa shape index (κ1) is 23.4. The van der Waals surface area contributed by atoms with Crippen molar-refractivity contribution in [3.05, 3.63) is 65.7 Å². The molecule has 33 heavy (non-hydrogen) atoms. The van der Waals surface area contributed by atoms with Gasteiger partial charge in [0.1, 0.15) is 5.82 Å². The van der Waals surface area contributed by atoms with Gasteiger partial charge in [0.2, 0.25) is 5.91 Å². The molecule has 0 bridgehead atoms. The summed E-state index contributed by atoms with van der Waals surface area (Å²) in [7, 11) is 0. The Balaban J connectivity index is 1.46. The lowest BCUT2D eigenvalue weighted by Crippen LogP contribution is -2.30. The molecule has 0 radical (unpaired) electrons. The van der Waals surface area contributed by atoms with E-state index in [0.717, 1.165) is 30.3 Å². The number of carbonyl (C=O) groups is 1. The van der Waals surface area contributed by atoms with Crippen LogP contribution < -0.4 is 5.32 Å². The van der Waals surface area contributed by atoms with Gasteiger partial charge in [-0.1, -0.05) is 44.2 Å². The Bertz CT molecular complexity index is 1060. The number of carbonyl (C=O) groups excluding carboxylic acids is 1. The zero-order valence-electron chi connectivity index (χ0n) is 19.1. The van der Waals surface area contributed by atoms with Gasteiger partial charge in [0.25, 0.3) is 0 Å². The molecule has 1 aliphatic heterocycles. The molecule has 1 aliphatic rings. The summed E-state index contributed by atoms with van der Waals surface area (Å²) < 4.78 is 15.5. The van der Waals surface area contributed by atoms with Gasteiger partial charge in [-0.05, 0) is 73.8 Å². The van der Waals surface area contributed by atoms with E-state index in [4.69, 9.17) is 0 Å². The van der Waals surface area contributed by atoms with E-state index in [0.29, 0.717) is 17.6 Å². The number of piperidine rings is 1. The lowest BCUT2D eigenvalue weighted by atomic mass is 10.0. The minimum absolute atomic E-state index is 0.108. The van der Waals surface area contributed by atoms with Gasteiger partial charge in [-0.3, -0.25) is 14.3 Å². The number of nitrogens with zero attached hydrogens (tertiary/aromatic N) is 4. The third kappa shape index (κ3) is 6.21. The summed E-state index contributed by atoms with van der Waals surface area (Å²) >= 11 is 1.33. The maximum absolute atomic E-state index is 13.5. The van der Waals surface area contributed by atoms with Crippen molar-refractivity contribution in [3.8, 4) is 5.69 Å². The van der Waals surface area contributed by atoms with E-state index in [1.54, 1.807) is 12.1 Å². The topological polar surface area (TPSA) is 63.1 Å². The quantitative estimate of drug-likeness (QED) is 0.459. The molecule has 1 fully saturated rings. The molecular weight excluding hydrogens is 437 g/mol. The van der Waals surface area contributed by atoms with E-state index >= 15 is 0 Å². The number of rotatable bonds is 8. The zero-order valence-corrected chi connectivity index (χ0v) is 19.9. The van der Waals surface area contributed by atoms with E-state index in [1.807, 2.05) is 28.8 Å².